The second-order valence-electron chi connectivity index (χ2n) is 4.71. The van der Waals surface area contributed by atoms with E-state index in [-0.39, 0.29) is 12.1 Å². The third-order valence-corrected chi connectivity index (χ3v) is 2.98. The van der Waals surface area contributed by atoms with Crippen LogP contribution in [0.25, 0.3) is 0 Å². The fourth-order valence-corrected chi connectivity index (χ4v) is 2.10. The maximum Gasteiger partial charge on any atom is 0.0789 e. The predicted molar refractivity (Wildman–Crippen MR) is 71.0 cm³/mol. The van der Waals surface area contributed by atoms with E-state index >= 15 is 0 Å². The summed E-state index contributed by atoms with van der Waals surface area (Å²) in [6.45, 7) is 9.40. The monoisotopic (exact) mass is 236 g/mol. The van der Waals surface area contributed by atoms with Gasteiger partial charge in [-0.1, -0.05) is 26.8 Å². The largest absolute Gasteiger partial charge is 0.379 e. The molecule has 0 radical (unpaired) electrons. The SMILES string of the molecule is CCNC(c1ccc(C)nc1)C(OC)C(C)C. The molecule has 1 rings (SSSR count). The summed E-state index contributed by atoms with van der Waals surface area (Å²) in [4.78, 5) is 4.36. The molecule has 0 aliphatic heterocycles. The van der Waals surface area contributed by atoms with Gasteiger partial charge < -0.3 is 10.1 Å². The zero-order valence-corrected chi connectivity index (χ0v) is 11.5. The molecule has 3 nitrogen and oxygen atoms in total. The molecule has 1 aromatic heterocycles. The molecule has 0 bridgehead atoms. The molecular formula is C14H24N2O. The quantitative estimate of drug-likeness (QED) is 0.824. The summed E-state index contributed by atoms with van der Waals surface area (Å²) in [5.74, 6) is 0.463. The van der Waals surface area contributed by atoms with Crippen molar-refractivity contribution >= 4 is 0 Å². The van der Waals surface area contributed by atoms with Crippen LogP contribution in [0, 0.1) is 12.8 Å². The Morgan fingerprint density at radius 1 is 1.35 bits per heavy atom. The molecule has 0 aliphatic rings. The summed E-state index contributed by atoms with van der Waals surface area (Å²) in [6, 6.07) is 4.38. The van der Waals surface area contributed by atoms with E-state index in [1.54, 1.807) is 7.11 Å². The van der Waals surface area contributed by atoms with Crippen LogP contribution in [0.5, 0.6) is 0 Å². The smallest absolute Gasteiger partial charge is 0.0789 e. The van der Waals surface area contributed by atoms with Crippen molar-refractivity contribution < 1.29 is 4.74 Å². The molecule has 0 saturated carbocycles. The van der Waals surface area contributed by atoms with Crippen molar-refractivity contribution in [2.75, 3.05) is 13.7 Å². The van der Waals surface area contributed by atoms with Gasteiger partial charge in [-0.05, 0) is 31.0 Å². The van der Waals surface area contributed by atoms with Crippen LogP contribution in [0.1, 0.15) is 38.1 Å². The standard InChI is InChI=1S/C14H24N2O/c1-6-15-13(14(17-5)10(2)3)12-8-7-11(4)16-9-12/h7-10,13-15H,6H2,1-5H3. The van der Waals surface area contributed by atoms with E-state index in [9.17, 15) is 0 Å². The third kappa shape index (κ3) is 3.79. The predicted octanol–water partition coefficient (Wildman–Crippen LogP) is 2.71. The lowest BCUT2D eigenvalue weighted by atomic mass is 9.94. The van der Waals surface area contributed by atoms with Crippen LogP contribution in [-0.4, -0.2) is 24.7 Å². The van der Waals surface area contributed by atoms with Crippen LogP contribution < -0.4 is 5.32 Å². The van der Waals surface area contributed by atoms with Gasteiger partial charge in [0.15, 0.2) is 0 Å². The molecule has 0 spiro atoms. The number of hydrogen-bond donors (Lipinski definition) is 1. The summed E-state index contributed by atoms with van der Waals surface area (Å²) in [5, 5.41) is 3.49. The number of ether oxygens (including phenoxy) is 1. The summed E-state index contributed by atoms with van der Waals surface area (Å²) < 4.78 is 5.62. The van der Waals surface area contributed by atoms with E-state index in [1.165, 1.54) is 5.56 Å². The van der Waals surface area contributed by atoms with Crippen LogP contribution in [0.3, 0.4) is 0 Å². The van der Waals surface area contributed by atoms with Crippen LogP contribution in [0.2, 0.25) is 0 Å². The average molecular weight is 236 g/mol. The maximum atomic E-state index is 5.62. The lowest BCUT2D eigenvalue weighted by Crippen LogP contribution is -2.36. The third-order valence-electron chi connectivity index (χ3n) is 2.98. The Labute approximate surface area is 105 Å². The van der Waals surface area contributed by atoms with Gasteiger partial charge in [0.05, 0.1) is 12.1 Å². The van der Waals surface area contributed by atoms with Crippen molar-refractivity contribution in [1.82, 2.24) is 10.3 Å². The van der Waals surface area contributed by atoms with Crippen molar-refractivity contribution in [1.29, 1.82) is 0 Å². The molecule has 0 saturated heterocycles. The zero-order chi connectivity index (χ0) is 12.8. The number of rotatable bonds is 6. The summed E-state index contributed by atoms with van der Waals surface area (Å²) in [7, 11) is 1.77. The topological polar surface area (TPSA) is 34.2 Å². The molecule has 1 heterocycles. The second kappa shape index (κ2) is 6.72. The zero-order valence-electron chi connectivity index (χ0n) is 11.5. The fraction of sp³-hybridized carbons (Fsp3) is 0.643. The Bertz CT molecular complexity index is 321. The van der Waals surface area contributed by atoms with Crippen LogP contribution in [0.4, 0.5) is 0 Å². The number of nitrogens with zero attached hydrogens (tertiary/aromatic N) is 1. The first-order valence-electron chi connectivity index (χ1n) is 6.28. The van der Waals surface area contributed by atoms with Gasteiger partial charge in [-0.3, -0.25) is 4.98 Å². The van der Waals surface area contributed by atoms with Gasteiger partial charge in [0.1, 0.15) is 0 Å². The lowest BCUT2D eigenvalue weighted by Gasteiger charge is -2.29. The van der Waals surface area contributed by atoms with Crippen LogP contribution in [0.15, 0.2) is 18.3 Å². The molecule has 3 heteroatoms. The number of aromatic nitrogens is 1. The van der Waals surface area contributed by atoms with E-state index in [1.807, 2.05) is 19.2 Å². The highest BCUT2D eigenvalue weighted by Gasteiger charge is 2.25. The van der Waals surface area contributed by atoms with Crippen molar-refractivity contribution in [2.24, 2.45) is 5.92 Å². The number of pyridine rings is 1. The molecule has 96 valence electrons. The number of likely N-dealkylation sites (N-methyl/N-ethyl adjacent to an activating group) is 1. The van der Waals surface area contributed by atoms with E-state index in [4.69, 9.17) is 4.74 Å². The van der Waals surface area contributed by atoms with E-state index in [2.05, 4.69) is 37.1 Å². The maximum absolute atomic E-state index is 5.62. The van der Waals surface area contributed by atoms with Crippen molar-refractivity contribution in [2.45, 2.75) is 39.8 Å². The Balaban J connectivity index is 2.94. The molecule has 17 heavy (non-hydrogen) atoms. The number of nitrogens with one attached hydrogen (secondary N) is 1. The molecule has 0 aliphatic carbocycles. The normalized spacial score (nSPS) is 14.9. The van der Waals surface area contributed by atoms with Gasteiger partial charge in [0, 0.05) is 19.0 Å². The molecular weight excluding hydrogens is 212 g/mol. The van der Waals surface area contributed by atoms with Gasteiger partial charge in [0.2, 0.25) is 0 Å². The van der Waals surface area contributed by atoms with Crippen molar-refractivity contribution in [3.05, 3.63) is 29.6 Å². The highest BCUT2D eigenvalue weighted by Crippen LogP contribution is 2.23. The Morgan fingerprint density at radius 2 is 2.06 bits per heavy atom. The second-order valence-corrected chi connectivity index (χ2v) is 4.71. The minimum Gasteiger partial charge on any atom is -0.379 e. The van der Waals surface area contributed by atoms with Crippen molar-refractivity contribution in [3.8, 4) is 0 Å². The molecule has 1 N–H and O–H groups in total. The number of methoxy groups -OCH3 is 1. The Hall–Kier alpha value is -0.930. The van der Waals surface area contributed by atoms with Gasteiger partial charge in [0.25, 0.3) is 0 Å². The van der Waals surface area contributed by atoms with Gasteiger partial charge in [-0.15, -0.1) is 0 Å². The Kier molecular flexibility index (Phi) is 5.59. The molecule has 1 aromatic rings. The minimum absolute atomic E-state index is 0.166. The van der Waals surface area contributed by atoms with Gasteiger partial charge in [-0.25, -0.2) is 0 Å². The fourth-order valence-electron chi connectivity index (χ4n) is 2.10. The highest BCUT2D eigenvalue weighted by molar-refractivity contribution is 5.18. The molecule has 2 unspecified atom stereocenters. The Morgan fingerprint density at radius 3 is 2.47 bits per heavy atom. The first-order valence-corrected chi connectivity index (χ1v) is 6.28. The van der Waals surface area contributed by atoms with Crippen molar-refractivity contribution in [3.63, 3.8) is 0 Å². The molecule has 0 fully saturated rings. The molecule has 2 atom stereocenters. The lowest BCUT2D eigenvalue weighted by molar-refractivity contribution is 0.0330. The number of aryl methyl sites for hydroxylation is 1. The van der Waals surface area contributed by atoms with E-state index in [0.717, 1.165) is 12.2 Å². The first kappa shape index (κ1) is 14.1. The van der Waals surface area contributed by atoms with E-state index < -0.39 is 0 Å². The first-order chi connectivity index (χ1) is 8.10. The summed E-state index contributed by atoms with van der Waals surface area (Å²) >= 11 is 0. The molecule has 0 aromatic carbocycles. The van der Waals surface area contributed by atoms with Gasteiger partial charge in [-0.2, -0.15) is 0 Å². The van der Waals surface area contributed by atoms with Crippen LogP contribution in [-0.2, 0) is 4.74 Å². The summed E-state index contributed by atoms with van der Waals surface area (Å²) in [5.41, 5.74) is 2.24. The average Bonchev–Trinajstić information content (AvgIpc) is 2.29. The highest BCUT2D eigenvalue weighted by atomic mass is 16.5. The van der Waals surface area contributed by atoms with Crippen LogP contribution >= 0.6 is 0 Å². The molecule has 0 amide bonds. The van der Waals surface area contributed by atoms with E-state index in [0.29, 0.717) is 5.92 Å². The minimum atomic E-state index is 0.166. The van der Waals surface area contributed by atoms with Gasteiger partial charge >= 0.3 is 0 Å². The number of hydrogen-bond acceptors (Lipinski definition) is 3. The summed E-state index contributed by atoms with van der Waals surface area (Å²) in [6.07, 6.45) is 2.11.